The van der Waals surface area contributed by atoms with Crippen LogP contribution in [0.3, 0.4) is 0 Å². The van der Waals surface area contributed by atoms with Crippen LogP contribution in [0, 0.1) is 27.2 Å². The number of rotatable bonds is 6. The lowest BCUT2D eigenvalue weighted by Gasteiger charge is -2.08. The van der Waals surface area contributed by atoms with Crippen molar-refractivity contribution >= 4 is 23.0 Å². The molecule has 0 bridgehead atoms. The highest BCUT2D eigenvalue weighted by atomic mass is 16.6. The van der Waals surface area contributed by atoms with Crippen molar-refractivity contribution in [2.45, 2.75) is 6.92 Å². The number of nitrogens with one attached hydrogen (secondary N) is 1. The molecular weight excluding hydrogens is 318 g/mol. The maximum atomic E-state index is 11.8. The molecule has 2 rings (SSSR count). The number of ether oxygens (including phenoxy) is 1. The molecule has 0 spiro atoms. The predicted octanol–water partition coefficient (Wildman–Crippen LogP) is 2.83. The summed E-state index contributed by atoms with van der Waals surface area (Å²) in [7, 11) is 0. The number of hydrogen-bond donors (Lipinski definition) is 1. The Morgan fingerprint density at radius 2 is 1.75 bits per heavy atom. The number of non-ortho nitro benzene ring substituents is 1. The van der Waals surface area contributed by atoms with E-state index in [9.17, 15) is 25.0 Å². The van der Waals surface area contributed by atoms with E-state index in [1.165, 1.54) is 36.4 Å². The molecule has 0 atom stereocenters. The molecule has 0 unspecified atom stereocenters. The number of amides is 1. The molecule has 0 saturated heterocycles. The van der Waals surface area contributed by atoms with Crippen LogP contribution in [-0.2, 0) is 4.79 Å². The fourth-order valence-corrected chi connectivity index (χ4v) is 1.89. The van der Waals surface area contributed by atoms with Gasteiger partial charge in [-0.3, -0.25) is 25.0 Å². The van der Waals surface area contributed by atoms with Crippen molar-refractivity contribution in [2.75, 3.05) is 11.9 Å². The third-order valence-electron chi connectivity index (χ3n) is 3.11. The zero-order chi connectivity index (χ0) is 17.7. The van der Waals surface area contributed by atoms with Crippen molar-refractivity contribution in [3.05, 3.63) is 68.3 Å². The van der Waals surface area contributed by atoms with Gasteiger partial charge >= 0.3 is 0 Å². The number of carbonyl (C=O) groups excluding carboxylic acids is 1. The second-order valence-electron chi connectivity index (χ2n) is 4.85. The fourth-order valence-electron chi connectivity index (χ4n) is 1.89. The first-order valence-electron chi connectivity index (χ1n) is 6.79. The minimum absolute atomic E-state index is 0.0845. The third-order valence-corrected chi connectivity index (χ3v) is 3.11. The van der Waals surface area contributed by atoms with E-state index in [2.05, 4.69) is 5.32 Å². The Bertz CT molecular complexity index is 788. The third kappa shape index (κ3) is 4.26. The first-order chi connectivity index (χ1) is 11.4. The molecule has 124 valence electrons. The van der Waals surface area contributed by atoms with E-state index in [1.807, 2.05) is 0 Å². The summed E-state index contributed by atoms with van der Waals surface area (Å²) in [6.45, 7) is 1.26. The van der Waals surface area contributed by atoms with Crippen molar-refractivity contribution in [1.29, 1.82) is 0 Å². The van der Waals surface area contributed by atoms with E-state index in [0.29, 0.717) is 11.3 Å². The lowest BCUT2D eigenvalue weighted by molar-refractivity contribution is -0.385. The maximum absolute atomic E-state index is 11.8. The molecule has 0 aliphatic heterocycles. The van der Waals surface area contributed by atoms with Gasteiger partial charge in [0.15, 0.2) is 6.61 Å². The van der Waals surface area contributed by atoms with Crippen LogP contribution in [-0.4, -0.2) is 22.4 Å². The number of nitrogens with zero attached hydrogens (tertiary/aromatic N) is 2. The normalized spacial score (nSPS) is 10.0. The molecule has 1 N–H and O–H groups in total. The van der Waals surface area contributed by atoms with Gasteiger partial charge in [-0.25, -0.2) is 0 Å². The average Bonchev–Trinajstić information content (AvgIpc) is 2.55. The van der Waals surface area contributed by atoms with Gasteiger partial charge in [0.2, 0.25) is 0 Å². The lowest BCUT2D eigenvalue weighted by atomic mass is 10.2. The largest absolute Gasteiger partial charge is 0.484 e. The molecule has 0 aromatic heterocycles. The van der Waals surface area contributed by atoms with Crippen LogP contribution in [0.25, 0.3) is 0 Å². The van der Waals surface area contributed by atoms with Gasteiger partial charge in [0.05, 0.1) is 9.85 Å². The monoisotopic (exact) mass is 331 g/mol. The molecule has 2 aromatic carbocycles. The van der Waals surface area contributed by atoms with E-state index in [0.717, 1.165) is 0 Å². The molecule has 0 saturated carbocycles. The second-order valence-corrected chi connectivity index (χ2v) is 4.85. The molecule has 0 radical (unpaired) electrons. The first kappa shape index (κ1) is 16.9. The zero-order valence-electron chi connectivity index (χ0n) is 12.6. The van der Waals surface area contributed by atoms with Crippen LogP contribution >= 0.6 is 0 Å². The van der Waals surface area contributed by atoms with Crippen LogP contribution in [0.1, 0.15) is 5.56 Å². The van der Waals surface area contributed by atoms with E-state index in [4.69, 9.17) is 4.74 Å². The molecule has 0 heterocycles. The molecule has 0 aliphatic rings. The number of aryl methyl sites for hydroxylation is 1. The standard InChI is InChI=1S/C15H13N3O6/c1-10-2-3-11(8-14(10)18(22)23)16-15(19)9-24-13-6-4-12(5-7-13)17(20)21/h2-8H,9H2,1H3,(H,16,19). The second kappa shape index (κ2) is 7.18. The molecule has 24 heavy (non-hydrogen) atoms. The summed E-state index contributed by atoms with van der Waals surface area (Å²) in [5, 5.41) is 23.9. The molecule has 9 nitrogen and oxygen atoms in total. The van der Waals surface area contributed by atoms with Gasteiger partial charge in [0.1, 0.15) is 5.75 Å². The summed E-state index contributed by atoms with van der Waals surface area (Å²) in [5.74, 6) is -0.211. The Labute approximate surface area is 136 Å². The molecule has 0 fully saturated rings. The van der Waals surface area contributed by atoms with E-state index in [1.54, 1.807) is 13.0 Å². The minimum atomic E-state index is -0.541. The number of carbonyl (C=O) groups is 1. The van der Waals surface area contributed by atoms with Crippen molar-refractivity contribution in [3.63, 3.8) is 0 Å². The van der Waals surface area contributed by atoms with Gasteiger partial charge in [-0.2, -0.15) is 0 Å². The minimum Gasteiger partial charge on any atom is -0.484 e. The summed E-state index contributed by atoms with van der Waals surface area (Å²) < 4.78 is 5.21. The molecule has 9 heteroatoms. The number of nitro benzene ring substituents is 2. The Balaban J connectivity index is 1.95. The van der Waals surface area contributed by atoms with Crippen LogP contribution < -0.4 is 10.1 Å². The van der Waals surface area contributed by atoms with E-state index in [-0.39, 0.29) is 23.7 Å². The van der Waals surface area contributed by atoms with Crippen molar-refractivity contribution < 1.29 is 19.4 Å². The number of anilines is 1. The zero-order valence-corrected chi connectivity index (χ0v) is 12.6. The van der Waals surface area contributed by atoms with Gasteiger partial charge in [-0.1, -0.05) is 6.07 Å². The first-order valence-corrected chi connectivity index (χ1v) is 6.79. The van der Waals surface area contributed by atoms with Crippen molar-refractivity contribution in [2.24, 2.45) is 0 Å². The summed E-state index contributed by atoms with van der Waals surface area (Å²) in [6, 6.07) is 9.62. The number of nitro groups is 2. The van der Waals surface area contributed by atoms with Gasteiger partial charge in [0, 0.05) is 29.4 Å². The molecule has 1 amide bonds. The highest BCUT2D eigenvalue weighted by Gasteiger charge is 2.13. The Hall–Kier alpha value is -3.49. The molecule has 0 aliphatic carbocycles. The van der Waals surface area contributed by atoms with Crippen LogP contribution in [0.5, 0.6) is 5.75 Å². The summed E-state index contributed by atoms with van der Waals surface area (Å²) in [5.41, 5.74) is 0.590. The van der Waals surface area contributed by atoms with E-state index >= 15 is 0 Å². The predicted molar refractivity (Wildman–Crippen MR) is 85.1 cm³/mol. The van der Waals surface area contributed by atoms with Crippen LogP contribution in [0.4, 0.5) is 17.1 Å². The summed E-state index contributed by atoms with van der Waals surface area (Å²) in [6.07, 6.45) is 0. The van der Waals surface area contributed by atoms with Crippen molar-refractivity contribution in [3.8, 4) is 5.75 Å². The quantitative estimate of drug-likeness (QED) is 0.641. The summed E-state index contributed by atoms with van der Waals surface area (Å²) in [4.78, 5) is 32.1. The highest BCUT2D eigenvalue weighted by molar-refractivity contribution is 5.92. The highest BCUT2D eigenvalue weighted by Crippen LogP contribution is 2.22. The molecular formula is C15H13N3O6. The van der Waals surface area contributed by atoms with Gasteiger partial charge < -0.3 is 10.1 Å². The average molecular weight is 331 g/mol. The maximum Gasteiger partial charge on any atom is 0.274 e. The smallest absolute Gasteiger partial charge is 0.274 e. The fraction of sp³-hybridized carbons (Fsp3) is 0.133. The lowest BCUT2D eigenvalue weighted by Crippen LogP contribution is -2.20. The molecule has 2 aromatic rings. The van der Waals surface area contributed by atoms with Crippen LogP contribution in [0.2, 0.25) is 0 Å². The number of benzene rings is 2. The topological polar surface area (TPSA) is 125 Å². The van der Waals surface area contributed by atoms with Gasteiger partial charge in [0.25, 0.3) is 17.3 Å². The van der Waals surface area contributed by atoms with E-state index < -0.39 is 15.8 Å². The van der Waals surface area contributed by atoms with Crippen LogP contribution in [0.15, 0.2) is 42.5 Å². The Morgan fingerprint density at radius 3 is 2.33 bits per heavy atom. The van der Waals surface area contributed by atoms with Gasteiger partial charge in [-0.15, -0.1) is 0 Å². The van der Waals surface area contributed by atoms with Gasteiger partial charge in [-0.05, 0) is 25.1 Å². The number of hydrogen-bond acceptors (Lipinski definition) is 6. The Morgan fingerprint density at radius 1 is 1.08 bits per heavy atom. The Kier molecular flexibility index (Phi) is 5.05. The summed E-state index contributed by atoms with van der Waals surface area (Å²) >= 11 is 0. The van der Waals surface area contributed by atoms with Crippen molar-refractivity contribution in [1.82, 2.24) is 0 Å². The SMILES string of the molecule is Cc1ccc(NC(=O)COc2ccc([N+](=O)[O-])cc2)cc1[N+](=O)[O-].